The number of nitrogens with zero attached hydrogens (tertiary/aromatic N) is 5. The normalized spacial score (nSPS) is 19.9. The van der Waals surface area contributed by atoms with Gasteiger partial charge in [-0.15, -0.1) is 0 Å². The molecule has 0 saturated heterocycles. The largest absolute Gasteiger partial charge is 0.319 e. The molecule has 0 bridgehead atoms. The summed E-state index contributed by atoms with van der Waals surface area (Å²) in [6.45, 7) is 14.8. The predicted octanol–water partition coefficient (Wildman–Crippen LogP) is 13.1. The lowest BCUT2D eigenvalue weighted by molar-refractivity contribution is -0.928. The molecule has 7 aliphatic heterocycles. The summed E-state index contributed by atoms with van der Waals surface area (Å²) in [7, 11) is 0. The van der Waals surface area contributed by atoms with E-state index in [2.05, 4.69) is 217 Å². The van der Waals surface area contributed by atoms with Gasteiger partial charge in [-0.25, -0.2) is 0 Å². The molecule has 0 amide bonds. The molecule has 63 heavy (non-hydrogen) atoms. The third kappa shape index (κ3) is 3.24. The van der Waals surface area contributed by atoms with Gasteiger partial charge in [-0.2, -0.15) is 18.9 Å². The summed E-state index contributed by atoms with van der Waals surface area (Å²) >= 11 is 0. The van der Waals surface area contributed by atoms with E-state index in [0.717, 1.165) is 0 Å². The third-order valence-electron chi connectivity index (χ3n) is 16.7. The molecule has 0 radical (unpaired) electrons. The van der Waals surface area contributed by atoms with Crippen LogP contribution in [-0.4, -0.2) is 0 Å². The summed E-state index contributed by atoms with van der Waals surface area (Å²) in [5, 5.41) is 5.03. The van der Waals surface area contributed by atoms with Gasteiger partial charge in [-0.1, -0.05) is 139 Å². The van der Waals surface area contributed by atoms with E-state index >= 15 is 0 Å². The number of fused-ring (bicyclic) bond motifs is 14. The molecule has 7 aliphatic rings. The van der Waals surface area contributed by atoms with Crippen molar-refractivity contribution < 1.29 is 9.13 Å². The van der Waals surface area contributed by atoms with E-state index < -0.39 is 5.66 Å². The van der Waals surface area contributed by atoms with Crippen LogP contribution >= 0.6 is 0 Å². The number of aromatic nitrogens is 2. The fourth-order valence-electron chi connectivity index (χ4n) is 14.0. The van der Waals surface area contributed by atoms with Crippen molar-refractivity contribution in [3.63, 3.8) is 0 Å². The predicted molar refractivity (Wildman–Crippen MR) is 253 cm³/mol. The van der Waals surface area contributed by atoms with Crippen LogP contribution < -0.4 is 23.8 Å². The lowest BCUT2D eigenvalue weighted by atomic mass is 9.62. The molecule has 1 spiro atoms. The SMILES string of the molecule is CC1(C)c2ccccc2N2c3c1ccc1c3C34c5c6c(cc7c5N(c5ccccc5C7(C)C)c5cc7ccccc7c([n+]53)-c3c5ccccc5cc2[n+]34)C(C)(C)c2ccccc2N16. The minimum Gasteiger partial charge on any atom is -0.308 e. The highest BCUT2D eigenvalue weighted by Gasteiger charge is 2.74. The number of hydrogen-bond donors (Lipinski definition) is 0. The van der Waals surface area contributed by atoms with Crippen LogP contribution in [0.5, 0.6) is 0 Å². The van der Waals surface area contributed by atoms with Gasteiger partial charge in [0.05, 0.1) is 17.1 Å². The summed E-state index contributed by atoms with van der Waals surface area (Å²) in [4.78, 5) is 8.04. The van der Waals surface area contributed by atoms with Gasteiger partial charge in [0.1, 0.15) is 22.5 Å². The zero-order chi connectivity index (χ0) is 41.8. The Bertz CT molecular complexity index is 3670. The summed E-state index contributed by atoms with van der Waals surface area (Å²) < 4.78 is 5.66. The number of benzene rings is 7. The minimum atomic E-state index is -0.782. The van der Waals surface area contributed by atoms with Gasteiger partial charge in [0.15, 0.2) is 22.8 Å². The molecule has 2 aromatic heterocycles. The third-order valence-corrected chi connectivity index (χ3v) is 16.7. The lowest BCUT2D eigenvalue weighted by Gasteiger charge is -2.54. The van der Waals surface area contributed by atoms with E-state index in [1.807, 2.05) is 0 Å². The van der Waals surface area contributed by atoms with Crippen molar-refractivity contribution in [2.24, 2.45) is 0 Å². The van der Waals surface area contributed by atoms with Crippen LogP contribution in [0.3, 0.4) is 0 Å². The second-order valence-electron chi connectivity index (χ2n) is 20.6. The molecular formula is C58H43N5+2. The van der Waals surface area contributed by atoms with Crippen LogP contribution in [-0.2, 0) is 21.9 Å². The Labute approximate surface area is 366 Å². The van der Waals surface area contributed by atoms with Crippen LogP contribution in [0.4, 0.5) is 51.4 Å². The molecule has 0 aliphatic carbocycles. The molecule has 7 aromatic carbocycles. The van der Waals surface area contributed by atoms with Crippen LogP contribution in [0.25, 0.3) is 32.9 Å². The Morgan fingerprint density at radius 2 is 0.762 bits per heavy atom. The molecule has 9 heterocycles. The van der Waals surface area contributed by atoms with Gasteiger partial charge >= 0.3 is 5.66 Å². The van der Waals surface area contributed by atoms with Crippen molar-refractivity contribution in [1.82, 2.24) is 0 Å². The number of anilines is 9. The number of hydrogen-bond acceptors (Lipinski definition) is 3. The fourth-order valence-corrected chi connectivity index (χ4v) is 14.0. The Kier molecular flexibility index (Phi) is 5.30. The van der Waals surface area contributed by atoms with Gasteiger partial charge in [0.25, 0.3) is 11.6 Å². The van der Waals surface area contributed by atoms with Crippen molar-refractivity contribution in [2.45, 2.75) is 63.5 Å². The highest BCUT2D eigenvalue weighted by Crippen LogP contribution is 2.71. The van der Waals surface area contributed by atoms with E-state index in [9.17, 15) is 0 Å². The van der Waals surface area contributed by atoms with Gasteiger partial charge in [0.2, 0.25) is 0 Å². The number of pyridine rings is 2. The quantitative estimate of drug-likeness (QED) is 0.142. The smallest absolute Gasteiger partial charge is 0.308 e. The summed E-state index contributed by atoms with van der Waals surface area (Å²) in [6.07, 6.45) is 0. The van der Waals surface area contributed by atoms with Crippen LogP contribution in [0.2, 0.25) is 0 Å². The second-order valence-corrected chi connectivity index (χ2v) is 20.6. The molecule has 0 saturated carbocycles. The van der Waals surface area contributed by atoms with Gasteiger partial charge in [-0.05, 0) is 64.4 Å². The molecule has 298 valence electrons. The van der Waals surface area contributed by atoms with Crippen molar-refractivity contribution in [3.8, 4) is 11.4 Å². The zero-order valence-corrected chi connectivity index (χ0v) is 36.2. The van der Waals surface area contributed by atoms with Crippen molar-refractivity contribution in [1.29, 1.82) is 0 Å². The monoisotopic (exact) mass is 809 g/mol. The van der Waals surface area contributed by atoms with E-state index in [4.69, 9.17) is 0 Å². The molecule has 9 aromatic rings. The molecule has 5 nitrogen and oxygen atoms in total. The maximum atomic E-state index is 2.83. The molecule has 16 rings (SSSR count). The van der Waals surface area contributed by atoms with E-state index in [1.165, 1.54) is 129 Å². The molecule has 0 fully saturated rings. The number of para-hydroxylation sites is 3. The van der Waals surface area contributed by atoms with E-state index in [0.29, 0.717) is 0 Å². The van der Waals surface area contributed by atoms with Crippen molar-refractivity contribution in [3.05, 3.63) is 196 Å². The van der Waals surface area contributed by atoms with Crippen molar-refractivity contribution >= 4 is 73.0 Å². The summed E-state index contributed by atoms with van der Waals surface area (Å²) in [5.74, 6) is 2.41. The first-order chi connectivity index (χ1) is 30.6. The van der Waals surface area contributed by atoms with Crippen LogP contribution in [0.15, 0.2) is 152 Å². The van der Waals surface area contributed by atoms with Crippen LogP contribution in [0, 0.1) is 0 Å². The topological polar surface area (TPSA) is 17.5 Å². The maximum Gasteiger partial charge on any atom is 0.319 e. The van der Waals surface area contributed by atoms with Crippen LogP contribution in [0.1, 0.15) is 86.1 Å². The van der Waals surface area contributed by atoms with Crippen molar-refractivity contribution in [2.75, 3.05) is 14.7 Å². The first kappa shape index (κ1) is 33.4. The molecule has 5 heteroatoms. The maximum absolute atomic E-state index is 2.83. The van der Waals surface area contributed by atoms with Gasteiger partial charge in [-0.3, -0.25) is 0 Å². The fraction of sp³-hybridized carbons (Fsp3) is 0.172. The van der Waals surface area contributed by atoms with Gasteiger partial charge in [0, 0.05) is 61.4 Å². The Hall–Kier alpha value is -7.24. The first-order valence-electron chi connectivity index (χ1n) is 22.6. The van der Waals surface area contributed by atoms with Gasteiger partial charge < -0.3 is 4.90 Å². The van der Waals surface area contributed by atoms with E-state index in [-0.39, 0.29) is 16.2 Å². The Morgan fingerprint density at radius 1 is 0.349 bits per heavy atom. The molecule has 1 unspecified atom stereocenters. The van der Waals surface area contributed by atoms with E-state index in [1.54, 1.807) is 0 Å². The Balaban J connectivity index is 1.25. The highest BCUT2D eigenvalue weighted by molar-refractivity contribution is 6.09. The minimum absolute atomic E-state index is 0.265. The average Bonchev–Trinajstić information content (AvgIpc) is 3.62. The second kappa shape index (κ2) is 10.0. The molecular weight excluding hydrogens is 767 g/mol. The molecule has 0 N–H and O–H groups in total. The Morgan fingerprint density at radius 3 is 1.29 bits per heavy atom. The summed E-state index contributed by atoms with van der Waals surface area (Å²) in [6, 6.07) is 58.6. The average molecular weight is 810 g/mol. The highest BCUT2D eigenvalue weighted by atomic mass is 15.5. The zero-order valence-electron chi connectivity index (χ0n) is 36.2. The first-order valence-corrected chi connectivity index (χ1v) is 22.6. The lowest BCUT2D eigenvalue weighted by Crippen LogP contribution is -2.77. The molecule has 1 atom stereocenters. The summed E-state index contributed by atoms with van der Waals surface area (Å²) in [5.41, 5.74) is 20.8. The number of rotatable bonds is 0. The standard InChI is InChI=1S/C58H43N5/c1-55(2)37-22-12-15-25-43(37)60-46-29-32-17-7-9-19-34(32)50-51-35-20-10-8-18-33(35)30-47-61-44-26-16-13-23-38(44)57(5,6)41-31-40-53-49(54(41)61)58(62(46)50,63(47)51)48-45(28-27-39(55)52(48)60)59(53)42-24-14-11-21-36(42)56(40,3)4/h7-31H,1-6H3/q+2.